The molecule has 21 heavy (non-hydrogen) atoms. The van der Waals surface area contributed by atoms with E-state index in [1.807, 2.05) is 38.1 Å². The van der Waals surface area contributed by atoms with Crippen LogP contribution < -0.4 is 5.32 Å². The molecule has 0 saturated heterocycles. The number of carbonyl (C=O) groups excluding carboxylic acids is 1. The van der Waals surface area contributed by atoms with Gasteiger partial charge in [-0.15, -0.1) is 0 Å². The fourth-order valence-electron chi connectivity index (χ4n) is 2.09. The van der Waals surface area contributed by atoms with E-state index in [9.17, 15) is 9.18 Å². The Labute approximate surface area is 132 Å². The van der Waals surface area contributed by atoms with E-state index in [1.165, 1.54) is 12.1 Å². The first-order valence-electron chi connectivity index (χ1n) is 6.64. The van der Waals surface area contributed by atoms with Crippen molar-refractivity contribution in [2.24, 2.45) is 0 Å². The lowest BCUT2D eigenvalue weighted by atomic mass is 9.94. The maximum absolute atomic E-state index is 13.9. The first kappa shape index (κ1) is 15.7. The van der Waals surface area contributed by atoms with Gasteiger partial charge in [-0.2, -0.15) is 0 Å². The standard InChI is InChI=1S/C17H17BrFNO/c1-11-4-9-14(15(19)10-11)16(21)20-17(2,3)12-5-7-13(18)8-6-12/h4-10H,1-3H3,(H,20,21). The Morgan fingerprint density at radius 1 is 1.14 bits per heavy atom. The van der Waals surface area contributed by atoms with Crippen molar-refractivity contribution in [3.05, 3.63) is 69.4 Å². The summed E-state index contributed by atoms with van der Waals surface area (Å²) in [6.45, 7) is 5.57. The fraction of sp³-hybridized carbons (Fsp3) is 0.235. The number of hydrogen-bond donors (Lipinski definition) is 1. The molecule has 2 aromatic carbocycles. The van der Waals surface area contributed by atoms with Gasteiger partial charge in [-0.1, -0.05) is 34.1 Å². The number of nitrogens with one attached hydrogen (secondary N) is 1. The lowest BCUT2D eigenvalue weighted by Gasteiger charge is -2.27. The Kier molecular flexibility index (Phi) is 4.47. The minimum absolute atomic E-state index is 0.0609. The highest BCUT2D eigenvalue weighted by Gasteiger charge is 2.24. The zero-order chi connectivity index (χ0) is 15.6. The molecule has 0 aliphatic carbocycles. The molecule has 0 radical (unpaired) electrons. The smallest absolute Gasteiger partial charge is 0.254 e. The maximum Gasteiger partial charge on any atom is 0.254 e. The summed E-state index contributed by atoms with van der Waals surface area (Å²) in [4.78, 5) is 12.3. The van der Waals surface area contributed by atoms with E-state index in [4.69, 9.17) is 0 Å². The summed E-state index contributed by atoms with van der Waals surface area (Å²) in [5.41, 5.74) is 1.21. The maximum atomic E-state index is 13.9. The second-order valence-corrected chi connectivity index (χ2v) is 6.48. The van der Waals surface area contributed by atoms with Crippen LogP contribution in [0.1, 0.15) is 35.3 Å². The molecule has 0 heterocycles. The van der Waals surface area contributed by atoms with Gasteiger partial charge in [0.15, 0.2) is 0 Å². The molecule has 0 aliphatic heterocycles. The number of benzene rings is 2. The average Bonchev–Trinajstić information content (AvgIpc) is 2.38. The third-order valence-corrected chi connectivity index (χ3v) is 3.89. The zero-order valence-electron chi connectivity index (χ0n) is 12.2. The van der Waals surface area contributed by atoms with Crippen molar-refractivity contribution >= 4 is 21.8 Å². The molecule has 0 aromatic heterocycles. The Bertz CT molecular complexity index is 665. The monoisotopic (exact) mass is 349 g/mol. The molecule has 0 unspecified atom stereocenters. The second kappa shape index (κ2) is 5.98. The van der Waals surface area contributed by atoms with Gasteiger partial charge < -0.3 is 5.32 Å². The summed E-state index contributed by atoms with van der Waals surface area (Å²) < 4.78 is 14.8. The normalized spacial score (nSPS) is 11.3. The van der Waals surface area contributed by atoms with Crippen LogP contribution in [0, 0.1) is 12.7 Å². The van der Waals surface area contributed by atoms with Crippen LogP contribution in [0.3, 0.4) is 0 Å². The molecular weight excluding hydrogens is 333 g/mol. The van der Waals surface area contributed by atoms with Gasteiger partial charge in [0.1, 0.15) is 5.82 Å². The Balaban J connectivity index is 2.23. The van der Waals surface area contributed by atoms with Gasteiger partial charge in [-0.3, -0.25) is 4.79 Å². The lowest BCUT2D eigenvalue weighted by molar-refractivity contribution is 0.0908. The highest BCUT2D eigenvalue weighted by molar-refractivity contribution is 9.10. The molecule has 1 amide bonds. The lowest BCUT2D eigenvalue weighted by Crippen LogP contribution is -2.41. The third-order valence-electron chi connectivity index (χ3n) is 3.36. The number of hydrogen-bond acceptors (Lipinski definition) is 1. The van der Waals surface area contributed by atoms with Crippen molar-refractivity contribution in [3.63, 3.8) is 0 Å². The Morgan fingerprint density at radius 3 is 2.33 bits per heavy atom. The van der Waals surface area contributed by atoms with E-state index in [0.717, 1.165) is 15.6 Å². The van der Waals surface area contributed by atoms with Crippen molar-refractivity contribution in [2.45, 2.75) is 26.3 Å². The molecule has 0 aliphatic rings. The number of carbonyl (C=O) groups is 1. The van der Waals surface area contributed by atoms with E-state index in [0.29, 0.717) is 0 Å². The highest BCUT2D eigenvalue weighted by Crippen LogP contribution is 2.23. The van der Waals surface area contributed by atoms with E-state index >= 15 is 0 Å². The molecule has 0 bridgehead atoms. The van der Waals surface area contributed by atoms with E-state index < -0.39 is 17.3 Å². The molecule has 2 rings (SSSR count). The van der Waals surface area contributed by atoms with Crippen LogP contribution in [0.5, 0.6) is 0 Å². The van der Waals surface area contributed by atoms with E-state index in [1.54, 1.807) is 13.0 Å². The van der Waals surface area contributed by atoms with E-state index in [2.05, 4.69) is 21.2 Å². The van der Waals surface area contributed by atoms with Crippen LogP contribution >= 0.6 is 15.9 Å². The largest absolute Gasteiger partial charge is 0.343 e. The summed E-state index contributed by atoms with van der Waals surface area (Å²) >= 11 is 3.38. The molecule has 4 heteroatoms. The van der Waals surface area contributed by atoms with Crippen LogP contribution in [-0.4, -0.2) is 5.91 Å². The number of rotatable bonds is 3. The van der Waals surface area contributed by atoms with Gasteiger partial charge in [0.2, 0.25) is 0 Å². The first-order valence-corrected chi connectivity index (χ1v) is 7.43. The van der Waals surface area contributed by atoms with Gasteiger partial charge in [-0.25, -0.2) is 4.39 Å². The minimum Gasteiger partial charge on any atom is -0.343 e. The third kappa shape index (κ3) is 3.70. The molecule has 0 fully saturated rings. The summed E-state index contributed by atoms with van der Waals surface area (Å²) in [7, 11) is 0. The summed E-state index contributed by atoms with van der Waals surface area (Å²) in [6.07, 6.45) is 0. The average molecular weight is 350 g/mol. The number of amides is 1. The zero-order valence-corrected chi connectivity index (χ0v) is 13.8. The van der Waals surface area contributed by atoms with Crippen LogP contribution in [0.25, 0.3) is 0 Å². The molecule has 2 nitrogen and oxygen atoms in total. The van der Waals surface area contributed by atoms with Crippen molar-refractivity contribution in [1.29, 1.82) is 0 Å². The van der Waals surface area contributed by atoms with E-state index in [-0.39, 0.29) is 5.56 Å². The highest BCUT2D eigenvalue weighted by atomic mass is 79.9. The molecule has 110 valence electrons. The molecule has 2 aromatic rings. The van der Waals surface area contributed by atoms with Gasteiger partial charge in [0.25, 0.3) is 5.91 Å². The van der Waals surface area contributed by atoms with Crippen LogP contribution in [0.15, 0.2) is 46.9 Å². The number of aryl methyl sites for hydroxylation is 1. The van der Waals surface area contributed by atoms with Gasteiger partial charge >= 0.3 is 0 Å². The van der Waals surface area contributed by atoms with Crippen molar-refractivity contribution in [3.8, 4) is 0 Å². The van der Waals surface area contributed by atoms with Crippen LogP contribution in [0.2, 0.25) is 0 Å². The van der Waals surface area contributed by atoms with Gasteiger partial charge in [-0.05, 0) is 56.2 Å². The molecule has 0 atom stereocenters. The number of halogens is 2. The summed E-state index contributed by atoms with van der Waals surface area (Å²) in [6, 6.07) is 12.3. The molecular formula is C17H17BrFNO. The summed E-state index contributed by atoms with van der Waals surface area (Å²) in [5, 5.41) is 2.87. The van der Waals surface area contributed by atoms with Crippen LogP contribution in [0.4, 0.5) is 4.39 Å². The second-order valence-electron chi connectivity index (χ2n) is 5.57. The van der Waals surface area contributed by atoms with Crippen LogP contribution in [-0.2, 0) is 5.54 Å². The van der Waals surface area contributed by atoms with Crippen molar-refractivity contribution in [2.75, 3.05) is 0 Å². The van der Waals surface area contributed by atoms with Crippen molar-refractivity contribution < 1.29 is 9.18 Å². The predicted octanol–water partition coefficient (Wildman–Crippen LogP) is 4.56. The summed E-state index contributed by atoms with van der Waals surface area (Å²) in [5.74, 6) is -0.917. The predicted molar refractivity (Wildman–Crippen MR) is 85.8 cm³/mol. The van der Waals surface area contributed by atoms with Gasteiger partial charge in [0.05, 0.1) is 11.1 Å². The van der Waals surface area contributed by atoms with Gasteiger partial charge in [0, 0.05) is 4.47 Å². The Hall–Kier alpha value is -1.68. The minimum atomic E-state index is -0.588. The molecule has 1 N–H and O–H groups in total. The molecule has 0 spiro atoms. The molecule has 0 saturated carbocycles. The topological polar surface area (TPSA) is 29.1 Å². The van der Waals surface area contributed by atoms with Crippen molar-refractivity contribution in [1.82, 2.24) is 5.32 Å². The fourth-order valence-corrected chi connectivity index (χ4v) is 2.36. The quantitative estimate of drug-likeness (QED) is 0.864. The Morgan fingerprint density at radius 2 is 1.76 bits per heavy atom. The SMILES string of the molecule is Cc1ccc(C(=O)NC(C)(C)c2ccc(Br)cc2)c(F)c1. The first-order chi connectivity index (χ1) is 9.79.